The Hall–Kier alpha value is -1.27. The molecule has 0 aliphatic heterocycles. The minimum atomic E-state index is -0.222. The van der Waals surface area contributed by atoms with E-state index in [9.17, 15) is 4.79 Å². The van der Waals surface area contributed by atoms with Crippen molar-refractivity contribution in [1.29, 1.82) is 0 Å². The number of allylic oxidation sites excluding steroid dienone is 2. The van der Waals surface area contributed by atoms with Crippen molar-refractivity contribution >= 4 is 5.97 Å². The molecule has 0 N–H and O–H groups in total. The molecule has 1 fully saturated rings. The van der Waals surface area contributed by atoms with Crippen molar-refractivity contribution in [2.45, 2.75) is 46.0 Å². The molecule has 0 aromatic carbocycles. The Bertz CT molecular complexity index is 351. The van der Waals surface area contributed by atoms with Crippen LogP contribution in [0.25, 0.3) is 0 Å². The molecule has 0 amide bonds. The summed E-state index contributed by atoms with van der Waals surface area (Å²) in [5.41, 5.74) is 4.92. The Labute approximate surface area is 104 Å². The molecule has 17 heavy (non-hydrogen) atoms. The number of hydrogen-bond acceptors (Lipinski definition) is 2. The third-order valence-electron chi connectivity index (χ3n) is 3.17. The van der Waals surface area contributed by atoms with Gasteiger partial charge >= 0.3 is 5.97 Å². The summed E-state index contributed by atoms with van der Waals surface area (Å²) in [5, 5.41) is 0. The van der Waals surface area contributed by atoms with Gasteiger partial charge in [-0.1, -0.05) is 31.4 Å². The number of rotatable bonds is 3. The van der Waals surface area contributed by atoms with E-state index in [1.807, 2.05) is 26.0 Å². The van der Waals surface area contributed by atoms with Gasteiger partial charge in [0.25, 0.3) is 0 Å². The zero-order chi connectivity index (χ0) is 12.7. The predicted molar refractivity (Wildman–Crippen MR) is 69.6 cm³/mol. The number of ether oxygens (including phenoxy) is 1. The van der Waals surface area contributed by atoms with Crippen molar-refractivity contribution in [3.63, 3.8) is 0 Å². The Kier molecular flexibility index (Phi) is 5.79. The molecule has 1 aliphatic carbocycles. The highest BCUT2D eigenvalue weighted by atomic mass is 16.5. The van der Waals surface area contributed by atoms with Crippen LogP contribution in [0.2, 0.25) is 0 Å². The lowest BCUT2D eigenvalue weighted by molar-refractivity contribution is -0.136. The van der Waals surface area contributed by atoms with Gasteiger partial charge in [0.15, 0.2) is 0 Å². The van der Waals surface area contributed by atoms with Crippen LogP contribution in [0, 0.1) is 5.92 Å². The smallest absolute Gasteiger partial charge is 0.341 e. The van der Waals surface area contributed by atoms with Crippen molar-refractivity contribution < 1.29 is 9.53 Å². The molecular weight excluding hydrogens is 212 g/mol. The summed E-state index contributed by atoms with van der Waals surface area (Å²) in [6, 6.07) is 0. The fraction of sp³-hybridized carbons (Fsp3) is 0.600. The second-order valence-corrected chi connectivity index (χ2v) is 4.55. The quantitative estimate of drug-likeness (QED) is 0.321. The van der Waals surface area contributed by atoms with E-state index >= 15 is 0 Å². The second kappa shape index (κ2) is 7.13. The van der Waals surface area contributed by atoms with Gasteiger partial charge < -0.3 is 4.74 Å². The van der Waals surface area contributed by atoms with Gasteiger partial charge in [0.1, 0.15) is 0 Å². The van der Waals surface area contributed by atoms with Gasteiger partial charge in [-0.3, -0.25) is 0 Å². The van der Waals surface area contributed by atoms with Crippen molar-refractivity contribution in [1.82, 2.24) is 0 Å². The number of esters is 1. The SMILES string of the molecule is C/C=C/C(C)=C=C(C(=O)OC)C1CCCCC1. The van der Waals surface area contributed by atoms with E-state index in [1.165, 1.54) is 26.4 Å². The van der Waals surface area contributed by atoms with Crippen LogP contribution in [-0.2, 0) is 9.53 Å². The molecule has 0 heterocycles. The van der Waals surface area contributed by atoms with Crippen molar-refractivity contribution in [2.75, 3.05) is 7.11 Å². The molecule has 2 heteroatoms. The Morgan fingerprint density at radius 2 is 1.94 bits per heavy atom. The van der Waals surface area contributed by atoms with Crippen LogP contribution >= 0.6 is 0 Å². The van der Waals surface area contributed by atoms with Gasteiger partial charge in [-0.2, -0.15) is 0 Å². The van der Waals surface area contributed by atoms with E-state index in [4.69, 9.17) is 4.74 Å². The molecule has 1 aliphatic rings. The molecule has 0 aromatic rings. The first-order chi connectivity index (χ1) is 8.19. The highest BCUT2D eigenvalue weighted by Gasteiger charge is 2.23. The standard InChI is InChI=1S/C15H22O2/c1-4-8-12(2)11-14(15(16)17-3)13-9-6-5-7-10-13/h4,8,13H,5-7,9-10H2,1-3H3/b8-4+. The lowest BCUT2D eigenvalue weighted by atomic mass is 9.84. The first kappa shape index (κ1) is 13.8. The molecule has 0 atom stereocenters. The van der Waals surface area contributed by atoms with E-state index in [0.29, 0.717) is 5.92 Å². The zero-order valence-corrected chi connectivity index (χ0v) is 11.1. The van der Waals surface area contributed by atoms with Gasteiger partial charge in [0.05, 0.1) is 12.7 Å². The topological polar surface area (TPSA) is 26.3 Å². The fourth-order valence-electron chi connectivity index (χ4n) is 2.33. The van der Waals surface area contributed by atoms with Crippen LogP contribution in [0.5, 0.6) is 0 Å². The maximum Gasteiger partial charge on any atom is 0.341 e. The average Bonchev–Trinajstić information content (AvgIpc) is 2.36. The Morgan fingerprint density at radius 3 is 2.47 bits per heavy atom. The predicted octanol–water partition coefficient (Wildman–Crippen LogP) is 3.79. The van der Waals surface area contributed by atoms with Crippen LogP contribution in [0.1, 0.15) is 46.0 Å². The van der Waals surface area contributed by atoms with Gasteiger partial charge in [-0.15, -0.1) is 5.73 Å². The first-order valence-electron chi connectivity index (χ1n) is 6.37. The normalized spacial score (nSPS) is 16.6. The molecule has 94 valence electrons. The minimum absolute atomic E-state index is 0.222. The van der Waals surface area contributed by atoms with E-state index < -0.39 is 0 Å². The van der Waals surface area contributed by atoms with Gasteiger partial charge in [0, 0.05) is 0 Å². The van der Waals surface area contributed by atoms with Gasteiger partial charge in [0.2, 0.25) is 0 Å². The fourth-order valence-corrected chi connectivity index (χ4v) is 2.33. The molecule has 0 bridgehead atoms. The Morgan fingerprint density at radius 1 is 1.29 bits per heavy atom. The molecule has 1 saturated carbocycles. The summed E-state index contributed by atoms with van der Waals surface area (Å²) in [4.78, 5) is 11.8. The molecule has 0 unspecified atom stereocenters. The van der Waals surface area contributed by atoms with E-state index in [1.54, 1.807) is 0 Å². The summed E-state index contributed by atoms with van der Waals surface area (Å²) < 4.78 is 4.87. The van der Waals surface area contributed by atoms with Crippen LogP contribution in [0.15, 0.2) is 29.0 Å². The summed E-state index contributed by atoms with van der Waals surface area (Å²) in [6.45, 7) is 3.93. The van der Waals surface area contributed by atoms with Crippen LogP contribution in [0.4, 0.5) is 0 Å². The summed E-state index contributed by atoms with van der Waals surface area (Å²) in [5.74, 6) is 0.108. The molecule has 1 rings (SSSR count). The van der Waals surface area contributed by atoms with Crippen molar-refractivity contribution in [3.8, 4) is 0 Å². The first-order valence-corrected chi connectivity index (χ1v) is 6.37. The number of methoxy groups -OCH3 is 1. The largest absolute Gasteiger partial charge is 0.465 e. The highest BCUT2D eigenvalue weighted by molar-refractivity contribution is 5.88. The maximum absolute atomic E-state index is 11.8. The van der Waals surface area contributed by atoms with Crippen molar-refractivity contribution in [2.24, 2.45) is 5.92 Å². The number of carbonyl (C=O) groups is 1. The number of hydrogen-bond donors (Lipinski definition) is 0. The van der Waals surface area contributed by atoms with E-state index in [-0.39, 0.29) is 5.97 Å². The molecule has 2 nitrogen and oxygen atoms in total. The molecule has 0 aromatic heterocycles. The minimum Gasteiger partial charge on any atom is -0.465 e. The molecular formula is C15H22O2. The summed E-state index contributed by atoms with van der Waals surface area (Å²) >= 11 is 0. The monoisotopic (exact) mass is 234 g/mol. The van der Waals surface area contributed by atoms with Crippen LogP contribution in [0.3, 0.4) is 0 Å². The zero-order valence-electron chi connectivity index (χ0n) is 11.1. The third-order valence-corrected chi connectivity index (χ3v) is 3.17. The average molecular weight is 234 g/mol. The number of carbonyl (C=O) groups excluding carboxylic acids is 1. The highest BCUT2D eigenvalue weighted by Crippen LogP contribution is 2.30. The van der Waals surface area contributed by atoms with Gasteiger partial charge in [-0.05, 0) is 38.2 Å². The maximum atomic E-state index is 11.8. The Balaban J connectivity index is 3.02. The summed E-state index contributed by atoms with van der Waals surface area (Å²) in [6.07, 6.45) is 9.78. The second-order valence-electron chi connectivity index (χ2n) is 4.55. The summed E-state index contributed by atoms with van der Waals surface area (Å²) in [7, 11) is 1.44. The van der Waals surface area contributed by atoms with Crippen LogP contribution in [-0.4, -0.2) is 13.1 Å². The lowest BCUT2D eigenvalue weighted by Crippen LogP contribution is -2.16. The molecule has 0 spiro atoms. The van der Waals surface area contributed by atoms with Gasteiger partial charge in [-0.25, -0.2) is 4.79 Å². The van der Waals surface area contributed by atoms with Crippen LogP contribution < -0.4 is 0 Å². The lowest BCUT2D eigenvalue weighted by Gasteiger charge is -2.21. The molecule has 0 radical (unpaired) electrons. The third kappa shape index (κ3) is 4.24. The van der Waals surface area contributed by atoms with Crippen molar-refractivity contribution in [3.05, 3.63) is 29.0 Å². The molecule has 0 saturated heterocycles. The van der Waals surface area contributed by atoms with E-state index in [2.05, 4.69) is 5.73 Å². The van der Waals surface area contributed by atoms with E-state index in [0.717, 1.165) is 24.0 Å².